The molecule has 1 heterocycles. The van der Waals surface area contributed by atoms with Gasteiger partial charge in [0.1, 0.15) is 5.82 Å². The Morgan fingerprint density at radius 1 is 1.23 bits per heavy atom. The first-order valence-corrected chi connectivity index (χ1v) is 10.7. The Morgan fingerprint density at radius 2 is 2.00 bits per heavy atom. The van der Waals surface area contributed by atoms with Gasteiger partial charge in [-0.15, -0.1) is 0 Å². The molecule has 1 saturated carbocycles. The number of carbonyl (C=O) groups is 2. The number of aromatic nitrogens is 1. The fourth-order valence-corrected chi connectivity index (χ4v) is 3.74. The number of hydroxylamine groups is 1. The van der Waals surface area contributed by atoms with E-state index in [1.165, 1.54) is 12.8 Å². The van der Waals surface area contributed by atoms with Crippen LogP contribution in [0.4, 0.5) is 16.3 Å². The van der Waals surface area contributed by atoms with Crippen molar-refractivity contribution in [3.05, 3.63) is 53.2 Å². The Morgan fingerprint density at radius 3 is 2.74 bits per heavy atom. The van der Waals surface area contributed by atoms with Crippen LogP contribution < -0.4 is 21.8 Å². The second-order valence-electron chi connectivity index (χ2n) is 8.25. The van der Waals surface area contributed by atoms with E-state index in [2.05, 4.69) is 21.1 Å². The number of carbonyl (C=O) groups excluding carboxylic acids is 2. The lowest BCUT2D eigenvalue weighted by molar-refractivity contribution is 0.0171. The maximum Gasteiger partial charge on any atom is 0.320 e. The molecule has 8 nitrogen and oxygen atoms in total. The van der Waals surface area contributed by atoms with Crippen molar-refractivity contribution in [2.24, 2.45) is 5.92 Å². The molecular formula is C23H31N5O3. The van der Waals surface area contributed by atoms with Crippen molar-refractivity contribution in [1.82, 2.24) is 15.8 Å². The Labute approximate surface area is 182 Å². The highest BCUT2D eigenvalue weighted by molar-refractivity contribution is 5.96. The SMILES string of the molecule is CC(C)NC(=O)Nc1cc(Cc2c(N)cccc2C(=O)NOCC2CCCC2)ccn1. The lowest BCUT2D eigenvalue weighted by Gasteiger charge is -2.15. The smallest absolute Gasteiger partial charge is 0.320 e. The zero-order chi connectivity index (χ0) is 22.2. The van der Waals surface area contributed by atoms with Gasteiger partial charge in [-0.05, 0) is 68.0 Å². The normalized spacial score (nSPS) is 13.9. The van der Waals surface area contributed by atoms with Crippen molar-refractivity contribution in [2.75, 3.05) is 17.7 Å². The molecule has 1 aromatic carbocycles. The molecule has 1 aliphatic rings. The second-order valence-corrected chi connectivity index (χ2v) is 8.25. The first-order chi connectivity index (χ1) is 14.9. The number of amides is 3. The number of nitrogen functional groups attached to an aromatic ring is 1. The Bertz CT molecular complexity index is 910. The number of urea groups is 1. The van der Waals surface area contributed by atoms with Crippen LogP contribution >= 0.6 is 0 Å². The fourth-order valence-electron chi connectivity index (χ4n) is 3.74. The maximum absolute atomic E-state index is 12.7. The van der Waals surface area contributed by atoms with E-state index >= 15 is 0 Å². The summed E-state index contributed by atoms with van der Waals surface area (Å²) in [5, 5.41) is 5.47. The molecule has 0 spiro atoms. The average molecular weight is 426 g/mol. The molecule has 0 atom stereocenters. The molecule has 1 aliphatic carbocycles. The highest BCUT2D eigenvalue weighted by atomic mass is 16.6. The van der Waals surface area contributed by atoms with Gasteiger partial charge < -0.3 is 11.1 Å². The lowest BCUT2D eigenvalue weighted by Crippen LogP contribution is -2.34. The van der Waals surface area contributed by atoms with Crippen LogP contribution in [0.3, 0.4) is 0 Å². The predicted octanol–water partition coefficient (Wildman–Crippen LogP) is 3.64. The molecular weight excluding hydrogens is 394 g/mol. The summed E-state index contributed by atoms with van der Waals surface area (Å²) in [5.74, 6) is 0.622. The summed E-state index contributed by atoms with van der Waals surface area (Å²) >= 11 is 0. The topological polar surface area (TPSA) is 118 Å². The van der Waals surface area contributed by atoms with E-state index in [1.54, 1.807) is 30.5 Å². The van der Waals surface area contributed by atoms with Gasteiger partial charge in [0.15, 0.2) is 0 Å². The summed E-state index contributed by atoms with van der Waals surface area (Å²) in [6.07, 6.45) is 6.78. The maximum atomic E-state index is 12.7. The molecule has 0 unspecified atom stereocenters. The second kappa shape index (κ2) is 10.8. The van der Waals surface area contributed by atoms with Gasteiger partial charge in [-0.2, -0.15) is 0 Å². The monoisotopic (exact) mass is 425 g/mol. The van der Waals surface area contributed by atoms with Gasteiger partial charge in [0.25, 0.3) is 5.91 Å². The summed E-state index contributed by atoms with van der Waals surface area (Å²) in [5.41, 5.74) is 11.3. The van der Waals surface area contributed by atoms with Gasteiger partial charge in [-0.3, -0.25) is 14.9 Å². The van der Waals surface area contributed by atoms with Crippen LogP contribution in [0.2, 0.25) is 0 Å². The van der Waals surface area contributed by atoms with Gasteiger partial charge in [-0.1, -0.05) is 18.9 Å². The lowest BCUT2D eigenvalue weighted by atomic mass is 9.98. The number of nitrogens with two attached hydrogens (primary N) is 1. The Hall–Kier alpha value is -3.13. The van der Waals surface area contributed by atoms with E-state index in [0.29, 0.717) is 41.6 Å². The van der Waals surface area contributed by atoms with Crippen molar-refractivity contribution >= 4 is 23.4 Å². The number of nitrogens with one attached hydrogen (secondary N) is 3. The van der Waals surface area contributed by atoms with Gasteiger partial charge in [-0.25, -0.2) is 15.3 Å². The van der Waals surface area contributed by atoms with Crippen LogP contribution in [-0.4, -0.2) is 29.6 Å². The number of rotatable bonds is 8. The summed E-state index contributed by atoms with van der Waals surface area (Å²) < 4.78 is 0. The summed E-state index contributed by atoms with van der Waals surface area (Å²) in [7, 11) is 0. The van der Waals surface area contributed by atoms with Crippen molar-refractivity contribution in [3.63, 3.8) is 0 Å². The first-order valence-electron chi connectivity index (χ1n) is 10.7. The number of benzene rings is 1. The number of hydrogen-bond acceptors (Lipinski definition) is 5. The van der Waals surface area contributed by atoms with E-state index in [9.17, 15) is 9.59 Å². The van der Waals surface area contributed by atoms with Gasteiger partial charge in [0, 0.05) is 29.9 Å². The molecule has 1 fully saturated rings. The zero-order valence-electron chi connectivity index (χ0n) is 18.1. The van der Waals surface area contributed by atoms with Crippen LogP contribution in [0.15, 0.2) is 36.5 Å². The van der Waals surface area contributed by atoms with E-state index in [1.807, 2.05) is 19.9 Å². The van der Waals surface area contributed by atoms with Crippen molar-refractivity contribution < 1.29 is 14.4 Å². The molecule has 2 aromatic rings. The van der Waals surface area contributed by atoms with Crippen molar-refractivity contribution in [1.29, 1.82) is 0 Å². The van der Waals surface area contributed by atoms with E-state index in [0.717, 1.165) is 18.4 Å². The van der Waals surface area contributed by atoms with Crippen LogP contribution in [-0.2, 0) is 11.3 Å². The minimum Gasteiger partial charge on any atom is -0.398 e. The van der Waals surface area contributed by atoms with E-state index < -0.39 is 0 Å². The summed E-state index contributed by atoms with van der Waals surface area (Å²) in [6.45, 7) is 4.29. The van der Waals surface area contributed by atoms with Gasteiger partial charge >= 0.3 is 6.03 Å². The molecule has 3 rings (SSSR count). The average Bonchev–Trinajstić information content (AvgIpc) is 3.22. The molecule has 0 bridgehead atoms. The Kier molecular flexibility index (Phi) is 7.83. The highest BCUT2D eigenvalue weighted by Gasteiger charge is 2.18. The molecule has 0 aliphatic heterocycles. The molecule has 0 saturated heterocycles. The minimum absolute atomic E-state index is 0.0178. The molecule has 3 amide bonds. The minimum atomic E-state index is -0.321. The van der Waals surface area contributed by atoms with Crippen LogP contribution in [0, 0.1) is 5.92 Å². The largest absolute Gasteiger partial charge is 0.398 e. The van der Waals surface area contributed by atoms with Gasteiger partial charge in [0.05, 0.1) is 6.61 Å². The number of nitrogens with zero attached hydrogens (tertiary/aromatic N) is 1. The van der Waals surface area contributed by atoms with Gasteiger partial charge in [0.2, 0.25) is 0 Å². The third-order valence-corrected chi connectivity index (χ3v) is 5.28. The summed E-state index contributed by atoms with van der Waals surface area (Å²) in [4.78, 5) is 34.3. The first kappa shape index (κ1) is 22.6. The van der Waals surface area contributed by atoms with Crippen LogP contribution in [0.1, 0.15) is 61.0 Å². The van der Waals surface area contributed by atoms with Crippen molar-refractivity contribution in [2.45, 2.75) is 52.0 Å². The molecule has 1 aromatic heterocycles. The van der Waals surface area contributed by atoms with Crippen LogP contribution in [0.5, 0.6) is 0 Å². The molecule has 31 heavy (non-hydrogen) atoms. The Balaban J connectivity index is 1.67. The third kappa shape index (κ3) is 6.68. The predicted molar refractivity (Wildman–Crippen MR) is 121 cm³/mol. The molecule has 8 heteroatoms. The fraction of sp³-hybridized carbons (Fsp3) is 0.435. The third-order valence-electron chi connectivity index (χ3n) is 5.28. The summed E-state index contributed by atoms with van der Waals surface area (Å²) in [6, 6.07) is 8.54. The highest BCUT2D eigenvalue weighted by Crippen LogP contribution is 2.25. The molecule has 166 valence electrons. The molecule has 0 radical (unpaired) electrons. The standard InChI is InChI=1S/C23H31N5O3/c1-15(2)26-23(30)27-21-13-17(10-11-25-21)12-19-18(8-5-9-20(19)24)22(29)28-31-14-16-6-3-4-7-16/h5,8-11,13,15-16H,3-4,6-7,12,14,24H2,1-2H3,(H,28,29)(H2,25,26,27,30). The van der Waals surface area contributed by atoms with Crippen molar-refractivity contribution in [3.8, 4) is 0 Å². The number of hydrogen-bond donors (Lipinski definition) is 4. The van der Waals surface area contributed by atoms with E-state index in [4.69, 9.17) is 10.6 Å². The zero-order valence-corrected chi connectivity index (χ0v) is 18.1. The molecule has 5 N–H and O–H groups in total. The number of anilines is 2. The number of pyridine rings is 1. The van der Waals surface area contributed by atoms with E-state index in [-0.39, 0.29) is 18.0 Å². The van der Waals surface area contributed by atoms with Crippen LogP contribution in [0.25, 0.3) is 0 Å². The quantitative estimate of drug-likeness (QED) is 0.380.